The minimum Gasteiger partial charge on any atom is -0.435 e. The molecule has 0 radical (unpaired) electrons. The zero-order valence-corrected chi connectivity index (χ0v) is 14.9. The van der Waals surface area contributed by atoms with Crippen molar-refractivity contribution in [3.05, 3.63) is 47.6 Å². The Morgan fingerprint density at radius 3 is 2.84 bits per heavy atom. The molecule has 0 aliphatic rings. The van der Waals surface area contributed by atoms with Gasteiger partial charge in [-0.3, -0.25) is 4.79 Å². The summed E-state index contributed by atoms with van der Waals surface area (Å²) in [6.07, 6.45) is 8.23. The Labute approximate surface area is 149 Å². The van der Waals surface area contributed by atoms with E-state index < -0.39 is 0 Å². The van der Waals surface area contributed by atoms with Crippen LogP contribution >= 0.6 is 11.3 Å². The number of aromatic nitrogens is 4. The lowest BCUT2D eigenvalue weighted by Gasteiger charge is -2.12. The molecule has 0 spiro atoms. The van der Waals surface area contributed by atoms with Crippen LogP contribution in [-0.2, 0) is 16.8 Å². The van der Waals surface area contributed by atoms with Crippen LogP contribution in [0, 0.1) is 11.8 Å². The number of oxazole rings is 1. The minimum atomic E-state index is -0.172. The maximum absolute atomic E-state index is 11.9. The Balaban J connectivity index is 1.62. The Bertz CT molecular complexity index is 922. The fourth-order valence-corrected chi connectivity index (χ4v) is 2.57. The number of hydrogen-bond donors (Lipinski definition) is 1. The first-order chi connectivity index (χ1) is 11.9. The summed E-state index contributed by atoms with van der Waals surface area (Å²) >= 11 is 1.29. The average molecular weight is 355 g/mol. The molecule has 0 aromatic carbocycles. The zero-order valence-electron chi connectivity index (χ0n) is 14.1. The quantitative estimate of drug-likeness (QED) is 0.730. The molecule has 0 saturated carbocycles. The fourth-order valence-electron chi connectivity index (χ4n) is 1.89. The highest BCUT2D eigenvalue weighted by molar-refractivity contribution is 7.16. The van der Waals surface area contributed by atoms with Crippen LogP contribution in [0.3, 0.4) is 0 Å². The van der Waals surface area contributed by atoms with Crippen molar-refractivity contribution in [2.75, 3.05) is 5.32 Å². The van der Waals surface area contributed by atoms with Gasteiger partial charge < -0.3 is 14.3 Å². The van der Waals surface area contributed by atoms with Crippen LogP contribution in [0.4, 0.5) is 5.13 Å². The van der Waals surface area contributed by atoms with E-state index in [9.17, 15) is 4.79 Å². The number of amides is 1. The number of imidazole rings is 1. The fraction of sp³-hybridized carbons (Fsp3) is 0.294. The molecule has 0 fully saturated rings. The normalized spacial score (nSPS) is 11.0. The standard InChI is InChI=1S/C17H17N5O2S/c1-17(2,3)13-9-19-15(24-13)5-4-12-8-20-16(25-12)21-14(23)10-22-7-6-18-11-22/h6-9,11H,10H2,1-3H3,(H,20,21,23). The molecule has 3 heterocycles. The van der Waals surface area contributed by atoms with E-state index in [1.165, 1.54) is 11.3 Å². The first-order valence-electron chi connectivity index (χ1n) is 7.60. The van der Waals surface area contributed by atoms with Crippen molar-refractivity contribution >= 4 is 22.4 Å². The van der Waals surface area contributed by atoms with Crippen LogP contribution < -0.4 is 5.32 Å². The van der Waals surface area contributed by atoms with E-state index in [4.69, 9.17) is 4.42 Å². The topological polar surface area (TPSA) is 85.8 Å². The van der Waals surface area contributed by atoms with E-state index in [0.717, 1.165) is 5.76 Å². The number of nitrogens with zero attached hydrogens (tertiary/aromatic N) is 4. The second-order valence-electron chi connectivity index (χ2n) is 6.34. The van der Waals surface area contributed by atoms with Crippen LogP contribution in [0.15, 0.2) is 35.5 Å². The molecular formula is C17H17N5O2S. The summed E-state index contributed by atoms with van der Waals surface area (Å²) in [5.74, 6) is 6.80. The lowest BCUT2D eigenvalue weighted by atomic mass is 9.94. The van der Waals surface area contributed by atoms with Crippen LogP contribution in [0.5, 0.6) is 0 Å². The summed E-state index contributed by atoms with van der Waals surface area (Å²) in [6.45, 7) is 6.33. The van der Waals surface area contributed by atoms with E-state index in [-0.39, 0.29) is 17.9 Å². The number of carbonyl (C=O) groups is 1. The predicted octanol–water partition coefficient (Wildman–Crippen LogP) is 2.66. The molecule has 0 bridgehead atoms. The van der Waals surface area contributed by atoms with Gasteiger partial charge in [-0.2, -0.15) is 0 Å². The van der Waals surface area contributed by atoms with E-state index in [2.05, 4.69) is 32.1 Å². The molecule has 3 aromatic rings. The van der Waals surface area contributed by atoms with Gasteiger partial charge in [0.25, 0.3) is 5.89 Å². The zero-order chi connectivity index (χ0) is 17.9. The van der Waals surface area contributed by atoms with Crippen LogP contribution in [-0.4, -0.2) is 25.4 Å². The second kappa shape index (κ2) is 6.91. The van der Waals surface area contributed by atoms with Gasteiger partial charge in [0.05, 0.1) is 23.6 Å². The maximum Gasteiger partial charge on any atom is 0.273 e. The lowest BCUT2D eigenvalue weighted by molar-refractivity contribution is -0.116. The summed E-state index contributed by atoms with van der Waals surface area (Å²) in [5.41, 5.74) is -0.107. The average Bonchev–Trinajstić information content (AvgIpc) is 3.25. The van der Waals surface area contributed by atoms with E-state index in [1.807, 2.05) is 20.8 Å². The summed E-state index contributed by atoms with van der Waals surface area (Å²) in [6, 6.07) is 0. The minimum absolute atomic E-state index is 0.107. The number of hydrogen-bond acceptors (Lipinski definition) is 6. The molecule has 1 amide bonds. The number of anilines is 1. The van der Waals surface area contributed by atoms with Gasteiger partial charge in [-0.15, -0.1) is 0 Å². The van der Waals surface area contributed by atoms with Gasteiger partial charge >= 0.3 is 0 Å². The van der Waals surface area contributed by atoms with Crippen LogP contribution in [0.1, 0.15) is 37.3 Å². The van der Waals surface area contributed by atoms with Crippen LogP contribution in [0.25, 0.3) is 0 Å². The van der Waals surface area contributed by atoms with E-state index in [0.29, 0.717) is 15.9 Å². The predicted molar refractivity (Wildman–Crippen MR) is 94.2 cm³/mol. The molecule has 3 rings (SSSR count). The van der Waals surface area contributed by atoms with Crippen molar-refractivity contribution in [1.29, 1.82) is 0 Å². The molecule has 3 aromatic heterocycles. The third kappa shape index (κ3) is 4.55. The van der Waals surface area contributed by atoms with E-state index >= 15 is 0 Å². The van der Waals surface area contributed by atoms with Crippen molar-refractivity contribution < 1.29 is 9.21 Å². The Morgan fingerprint density at radius 1 is 1.32 bits per heavy atom. The number of carbonyl (C=O) groups excluding carboxylic acids is 1. The Hall–Kier alpha value is -2.92. The molecular weight excluding hydrogens is 338 g/mol. The first kappa shape index (κ1) is 16.9. The summed E-state index contributed by atoms with van der Waals surface area (Å²) < 4.78 is 7.30. The number of nitrogens with one attached hydrogen (secondary N) is 1. The van der Waals surface area contributed by atoms with Crippen molar-refractivity contribution in [2.24, 2.45) is 0 Å². The third-order valence-corrected chi connectivity index (χ3v) is 4.00. The molecule has 7 nitrogen and oxygen atoms in total. The lowest BCUT2D eigenvalue weighted by Crippen LogP contribution is -2.17. The van der Waals surface area contributed by atoms with Crippen molar-refractivity contribution in [2.45, 2.75) is 32.7 Å². The van der Waals surface area contributed by atoms with Gasteiger partial charge in [0, 0.05) is 17.8 Å². The molecule has 0 unspecified atom stereocenters. The smallest absolute Gasteiger partial charge is 0.273 e. The highest BCUT2D eigenvalue weighted by atomic mass is 32.1. The molecule has 0 saturated heterocycles. The van der Waals surface area contributed by atoms with Gasteiger partial charge in [0.15, 0.2) is 5.13 Å². The number of rotatable bonds is 3. The summed E-state index contributed by atoms with van der Waals surface area (Å²) in [7, 11) is 0. The van der Waals surface area contributed by atoms with Gasteiger partial charge in [0.1, 0.15) is 12.3 Å². The highest BCUT2D eigenvalue weighted by Gasteiger charge is 2.18. The van der Waals surface area contributed by atoms with Gasteiger partial charge in [0.2, 0.25) is 5.91 Å². The summed E-state index contributed by atoms with van der Waals surface area (Å²) in [4.78, 5) is 24.8. The molecule has 8 heteroatoms. The molecule has 1 N–H and O–H groups in total. The molecule has 0 atom stereocenters. The summed E-state index contributed by atoms with van der Waals surface area (Å²) in [5, 5.41) is 3.23. The van der Waals surface area contributed by atoms with Crippen molar-refractivity contribution in [1.82, 2.24) is 19.5 Å². The maximum atomic E-state index is 11.9. The third-order valence-electron chi connectivity index (χ3n) is 3.17. The molecule has 0 aliphatic carbocycles. The van der Waals surface area contributed by atoms with Gasteiger partial charge in [-0.1, -0.05) is 32.1 Å². The van der Waals surface area contributed by atoms with Crippen LogP contribution in [0.2, 0.25) is 0 Å². The first-order valence-corrected chi connectivity index (χ1v) is 8.41. The second-order valence-corrected chi connectivity index (χ2v) is 7.37. The van der Waals surface area contributed by atoms with Crippen molar-refractivity contribution in [3.8, 4) is 11.8 Å². The van der Waals surface area contributed by atoms with Gasteiger partial charge in [-0.25, -0.2) is 15.0 Å². The van der Waals surface area contributed by atoms with E-state index in [1.54, 1.807) is 35.7 Å². The largest absolute Gasteiger partial charge is 0.435 e. The highest BCUT2D eigenvalue weighted by Crippen LogP contribution is 2.22. The molecule has 128 valence electrons. The Morgan fingerprint density at radius 2 is 2.16 bits per heavy atom. The van der Waals surface area contributed by atoms with Crippen molar-refractivity contribution in [3.63, 3.8) is 0 Å². The number of thiazole rings is 1. The monoisotopic (exact) mass is 355 g/mol. The molecule has 25 heavy (non-hydrogen) atoms. The SMILES string of the molecule is CC(C)(C)c1cnc(C#Cc2cnc(NC(=O)Cn3ccnc3)s2)o1. The van der Waals surface area contributed by atoms with Gasteiger partial charge in [-0.05, 0) is 11.8 Å². The Kier molecular flexibility index (Phi) is 4.67. The molecule has 0 aliphatic heterocycles.